The summed E-state index contributed by atoms with van der Waals surface area (Å²) in [5, 5.41) is 0. The van der Waals surface area contributed by atoms with Crippen LogP contribution in [0.25, 0.3) is 0 Å². The van der Waals surface area contributed by atoms with Crippen molar-refractivity contribution in [2.75, 3.05) is 6.61 Å². The minimum Gasteiger partial charge on any atom is -0.378 e. The molecule has 0 bridgehead atoms. The van der Waals surface area contributed by atoms with E-state index in [4.69, 9.17) is 4.74 Å². The van der Waals surface area contributed by atoms with Crippen molar-refractivity contribution < 1.29 is 4.74 Å². The van der Waals surface area contributed by atoms with Gasteiger partial charge < -0.3 is 4.74 Å². The smallest absolute Gasteiger partial charge is 0.0600 e. The molecular weight excluding hydrogens is 100 g/mol. The van der Waals surface area contributed by atoms with Crippen molar-refractivity contribution in [1.29, 1.82) is 0 Å². The fourth-order valence-corrected chi connectivity index (χ4v) is 1.10. The minimum absolute atomic E-state index is 0.597. The number of hydrogen-bond donors (Lipinski definition) is 0. The third-order valence-corrected chi connectivity index (χ3v) is 1.92. The molecule has 1 aliphatic rings. The van der Waals surface area contributed by atoms with Crippen molar-refractivity contribution >= 4 is 0 Å². The van der Waals surface area contributed by atoms with Crippen LogP contribution in [0, 0.1) is 5.92 Å². The third-order valence-electron chi connectivity index (χ3n) is 1.92. The van der Waals surface area contributed by atoms with Crippen molar-refractivity contribution in [3.63, 3.8) is 0 Å². The van der Waals surface area contributed by atoms with E-state index in [0.29, 0.717) is 6.10 Å². The summed E-state index contributed by atoms with van der Waals surface area (Å²) in [6.07, 6.45) is 3.25. The molecule has 2 atom stereocenters. The number of rotatable bonds is 2. The summed E-state index contributed by atoms with van der Waals surface area (Å²) in [6.45, 7) is 5.20. The largest absolute Gasteiger partial charge is 0.378 e. The van der Waals surface area contributed by atoms with Crippen molar-refractivity contribution in [2.24, 2.45) is 5.92 Å². The average molecular weight is 114 g/mol. The maximum absolute atomic E-state index is 5.39. The van der Waals surface area contributed by atoms with Crippen LogP contribution in [0.5, 0.6) is 0 Å². The van der Waals surface area contributed by atoms with E-state index in [1.807, 2.05) is 0 Å². The Balaban J connectivity index is 2.08. The van der Waals surface area contributed by atoms with Gasteiger partial charge in [-0.05, 0) is 25.7 Å². The zero-order chi connectivity index (χ0) is 5.98. The Hall–Kier alpha value is -0.0400. The van der Waals surface area contributed by atoms with Gasteiger partial charge in [0.15, 0.2) is 0 Å². The summed E-state index contributed by atoms with van der Waals surface area (Å²) in [7, 11) is 0. The molecule has 1 nitrogen and oxygen atoms in total. The van der Waals surface area contributed by atoms with Gasteiger partial charge >= 0.3 is 0 Å². The molecule has 0 aliphatic heterocycles. The third kappa shape index (κ3) is 1.03. The molecule has 0 aromatic heterocycles. The van der Waals surface area contributed by atoms with E-state index in [1.54, 1.807) is 0 Å². The predicted octanol–water partition coefficient (Wildman–Crippen LogP) is 1.82. The molecule has 1 aliphatic carbocycles. The summed E-state index contributed by atoms with van der Waals surface area (Å²) >= 11 is 0. The van der Waals surface area contributed by atoms with Crippen molar-refractivity contribution in [2.45, 2.75) is 32.8 Å². The fourth-order valence-electron chi connectivity index (χ4n) is 1.10. The second-order valence-corrected chi connectivity index (χ2v) is 2.55. The van der Waals surface area contributed by atoms with Crippen LogP contribution in [0.2, 0.25) is 0 Å². The lowest BCUT2D eigenvalue weighted by Crippen LogP contribution is -2.31. The maximum atomic E-state index is 5.39. The van der Waals surface area contributed by atoms with E-state index in [2.05, 4.69) is 13.8 Å². The fraction of sp³-hybridized carbons (Fsp3) is 1.00. The second-order valence-electron chi connectivity index (χ2n) is 2.55. The monoisotopic (exact) mass is 114 g/mol. The molecule has 0 heterocycles. The summed E-state index contributed by atoms with van der Waals surface area (Å²) in [5.41, 5.74) is 0. The maximum Gasteiger partial charge on any atom is 0.0600 e. The first-order chi connectivity index (χ1) is 3.84. The Morgan fingerprint density at radius 1 is 1.50 bits per heavy atom. The molecule has 1 rings (SSSR count). The molecule has 0 spiro atoms. The van der Waals surface area contributed by atoms with Crippen LogP contribution in [0.4, 0.5) is 0 Å². The van der Waals surface area contributed by atoms with Gasteiger partial charge in [0.2, 0.25) is 0 Å². The first kappa shape index (κ1) is 6.09. The van der Waals surface area contributed by atoms with Gasteiger partial charge in [0, 0.05) is 6.61 Å². The van der Waals surface area contributed by atoms with Gasteiger partial charge in [0.25, 0.3) is 0 Å². The van der Waals surface area contributed by atoms with E-state index in [1.165, 1.54) is 12.8 Å². The minimum atomic E-state index is 0.597. The lowest BCUT2D eigenvalue weighted by molar-refractivity contribution is -0.0331. The molecule has 2 unspecified atom stereocenters. The molecule has 1 fully saturated rings. The normalized spacial score (nSPS) is 36.8. The van der Waals surface area contributed by atoms with Crippen LogP contribution in [0.1, 0.15) is 26.7 Å². The molecule has 1 saturated carbocycles. The molecule has 0 aromatic carbocycles. The van der Waals surface area contributed by atoms with Gasteiger partial charge in [-0.1, -0.05) is 6.92 Å². The van der Waals surface area contributed by atoms with Gasteiger partial charge in [0.05, 0.1) is 6.10 Å². The zero-order valence-electron chi connectivity index (χ0n) is 5.68. The molecule has 0 radical (unpaired) electrons. The molecule has 48 valence electrons. The Kier molecular flexibility index (Phi) is 1.90. The lowest BCUT2D eigenvalue weighted by atomic mass is 9.84. The van der Waals surface area contributed by atoms with Crippen LogP contribution >= 0.6 is 0 Å². The van der Waals surface area contributed by atoms with Gasteiger partial charge in [-0.25, -0.2) is 0 Å². The second kappa shape index (κ2) is 2.49. The number of ether oxygens (including phenoxy) is 1. The van der Waals surface area contributed by atoms with E-state index in [9.17, 15) is 0 Å². The molecule has 8 heavy (non-hydrogen) atoms. The highest BCUT2D eigenvalue weighted by Crippen LogP contribution is 2.28. The Morgan fingerprint density at radius 3 is 2.38 bits per heavy atom. The highest BCUT2D eigenvalue weighted by atomic mass is 16.5. The van der Waals surface area contributed by atoms with Gasteiger partial charge in [-0.2, -0.15) is 0 Å². The quantitative estimate of drug-likeness (QED) is 0.532. The average Bonchev–Trinajstić information content (AvgIpc) is 1.79. The number of hydrogen-bond acceptors (Lipinski definition) is 1. The summed E-state index contributed by atoms with van der Waals surface area (Å²) < 4.78 is 5.39. The molecule has 0 N–H and O–H groups in total. The standard InChI is InChI=1S/C7H14O/c1-3-8-7-5-4-6(7)2/h6-7H,3-5H2,1-2H3. The van der Waals surface area contributed by atoms with E-state index >= 15 is 0 Å². The van der Waals surface area contributed by atoms with E-state index in [-0.39, 0.29) is 0 Å². The Morgan fingerprint density at radius 2 is 2.25 bits per heavy atom. The highest BCUT2D eigenvalue weighted by molar-refractivity contribution is 4.77. The summed E-state index contributed by atoms with van der Waals surface area (Å²) in [5.74, 6) is 0.829. The van der Waals surface area contributed by atoms with Crippen molar-refractivity contribution in [3.05, 3.63) is 0 Å². The first-order valence-electron chi connectivity index (χ1n) is 3.46. The Labute approximate surface area is 51.0 Å². The van der Waals surface area contributed by atoms with Crippen LogP contribution in [0.3, 0.4) is 0 Å². The van der Waals surface area contributed by atoms with Crippen molar-refractivity contribution in [3.8, 4) is 0 Å². The predicted molar refractivity (Wildman–Crippen MR) is 33.8 cm³/mol. The SMILES string of the molecule is CCOC1CCC1C. The first-order valence-corrected chi connectivity index (χ1v) is 3.46. The highest BCUT2D eigenvalue weighted by Gasteiger charge is 2.26. The van der Waals surface area contributed by atoms with Gasteiger partial charge in [-0.3, -0.25) is 0 Å². The Bertz CT molecular complexity index is 70.8. The van der Waals surface area contributed by atoms with Crippen LogP contribution in [-0.2, 0) is 4.74 Å². The zero-order valence-corrected chi connectivity index (χ0v) is 5.68. The molecule has 0 aromatic rings. The van der Waals surface area contributed by atoms with Crippen molar-refractivity contribution in [1.82, 2.24) is 0 Å². The van der Waals surface area contributed by atoms with Crippen LogP contribution in [-0.4, -0.2) is 12.7 Å². The molecule has 0 saturated heterocycles. The molecule has 0 amide bonds. The van der Waals surface area contributed by atoms with E-state index < -0.39 is 0 Å². The van der Waals surface area contributed by atoms with Crippen LogP contribution < -0.4 is 0 Å². The lowest BCUT2D eigenvalue weighted by Gasteiger charge is -2.33. The summed E-state index contributed by atoms with van der Waals surface area (Å²) in [6, 6.07) is 0. The topological polar surface area (TPSA) is 9.23 Å². The molecule has 1 heteroatoms. The van der Waals surface area contributed by atoms with Gasteiger partial charge in [0.1, 0.15) is 0 Å². The van der Waals surface area contributed by atoms with E-state index in [0.717, 1.165) is 12.5 Å². The van der Waals surface area contributed by atoms with Crippen LogP contribution in [0.15, 0.2) is 0 Å². The van der Waals surface area contributed by atoms with Gasteiger partial charge in [-0.15, -0.1) is 0 Å². The summed E-state index contributed by atoms with van der Waals surface area (Å²) in [4.78, 5) is 0. The molecular formula is C7H14O.